The number of amides is 2. The second kappa shape index (κ2) is 13.8. The van der Waals surface area contributed by atoms with Crippen LogP contribution in [0, 0.1) is 5.82 Å². The van der Waals surface area contributed by atoms with Gasteiger partial charge in [0.05, 0.1) is 12.8 Å². The van der Waals surface area contributed by atoms with E-state index in [1.165, 1.54) is 38.2 Å². The minimum absolute atomic E-state index is 0.00433. The Kier molecular flexibility index (Phi) is 10.7. The van der Waals surface area contributed by atoms with Gasteiger partial charge in [-0.2, -0.15) is 12.7 Å². The predicted molar refractivity (Wildman–Crippen MR) is 162 cm³/mol. The van der Waals surface area contributed by atoms with Crippen molar-refractivity contribution in [2.24, 2.45) is 0 Å². The van der Waals surface area contributed by atoms with E-state index < -0.39 is 40.1 Å². The summed E-state index contributed by atoms with van der Waals surface area (Å²) in [5.74, 6) is -0.973. The zero-order valence-electron chi connectivity index (χ0n) is 24.9. The molecular weight excluding hydrogens is 559 g/mol. The molecule has 2 amide bonds. The zero-order chi connectivity index (χ0) is 31.1. The van der Waals surface area contributed by atoms with Crippen LogP contribution >= 0.6 is 0 Å². The maximum absolute atomic E-state index is 14.2. The highest BCUT2D eigenvalue weighted by molar-refractivity contribution is 7.90. The first-order valence-electron chi connectivity index (χ1n) is 13.5. The Labute approximate surface area is 248 Å². The van der Waals surface area contributed by atoms with Gasteiger partial charge < -0.3 is 15.0 Å². The lowest BCUT2D eigenvalue weighted by molar-refractivity contribution is -0.140. The number of ether oxygens (including phenoxy) is 1. The van der Waals surface area contributed by atoms with Crippen LogP contribution in [0.3, 0.4) is 0 Å². The number of benzene rings is 3. The Balaban J connectivity index is 2.12. The highest BCUT2D eigenvalue weighted by Crippen LogP contribution is 2.23. The summed E-state index contributed by atoms with van der Waals surface area (Å²) in [5.41, 5.74) is 1.03. The third kappa shape index (κ3) is 8.77. The molecule has 1 N–H and O–H groups in total. The van der Waals surface area contributed by atoms with Crippen LogP contribution in [0.1, 0.15) is 31.9 Å². The van der Waals surface area contributed by atoms with Crippen LogP contribution in [0.5, 0.6) is 5.75 Å². The van der Waals surface area contributed by atoms with Crippen molar-refractivity contribution < 1.29 is 27.1 Å². The second-order valence-electron chi connectivity index (χ2n) is 11.1. The zero-order valence-corrected chi connectivity index (χ0v) is 25.7. The topological polar surface area (TPSA) is 99.3 Å². The van der Waals surface area contributed by atoms with Crippen LogP contribution in [0.15, 0.2) is 78.9 Å². The summed E-state index contributed by atoms with van der Waals surface area (Å²) in [6.07, 6.45) is 0.190. The molecular formula is C31H39FN4O5S. The van der Waals surface area contributed by atoms with E-state index >= 15 is 0 Å². The molecule has 0 saturated carbocycles. The Morgan fingerprint density at radius 2 is 1.55 bits per heavy atom. The minimum atomic E-state index is -4.17. The smallest absolute Gasteiger partial charge is 0.304 e. The molecule has 42 heavy (non-hydrogen) atoms. The molecule has 11 heteroatoms. The van der Waals surface area contributed by atoms with Crippen LogP contribution in [0.4, 0.5) is 10.1 Å². The SMILES string of the molecule is COc1cccc(CN(C(=O)CN(c2ccc(F)cc2)S(=O)(=O)N(C)C)C(Cc2ccccc2)C(=O)NC(C)(C)C)c1. The third-order valence-electron chi connectivity index (χ3n) is 6.39. The van der Waals surface area contributed by atoms with Gasteiger partial charge in [-0.05, 0) is 68.3 Å². The van der Waals surface area contributed by atoms with Crippen molar-refractivity contribution in [1.82, 2.24) is 14.5 Å². The molecule has 0 aliphatic carbocycles. The van der Waals surface area contributed by atoms with Crippen LogP contribution in [-0.4, -0.2) is 68.8 Å². The Hall–Kier alpha value is -3.96. The first-order chi connectivity index (χ1) is 19.7. The lowest BCUT2D eigenvalue weighted by atomic mass is 10.0. The molecule has 226 valence electrons. The van der Waals surface area contributed by atoms with E-state index in [1.807, 2.05) is 51.1 Å². The number of carbonyl (C=O) groups excluding carboxylic acids is 2. The summed E-state index contributed by atoms with van der Waals surface area (Å²) in [6, 6.07) is 20.3. The summed E-state index contributed by atoms with van der Waals surface area (Å²) in [5, 5.41) is 2.98. The van der Waals surface area contributed by atoms with Crippen LogP contribution in [0.25, 0.3) is 0 Å². The van der Waals surface area contributed by atoms with E-state index in [0.29, 0.717) is 11.3 Å². The average Bonchev–Trinajstić information content (AvgIpc) is 2.93. The van der Waals surface area contributed by atoms with Gasteiger partial charge in [0.25, 0.3) is 0 Å². The first-order valence-corrected chi connectivity index (χ1v) is 14.8. The normalized spacial score (nSPS) is 12.5. The summed E-state index contributed by atoms with van der Waals surface area (Å²) >= 11 is 0. The summed E-state index contributed by atoms with van der Waals surface area (Å²) in [6.45, 7) is 4.92. The van der Waals surface area contributed by atoms with Crippen molar-refractivity contribution in [2.75, 3.05) is 32.1 Å². The van der Waals surface area contributed by atoms with Crippen molar-refractivity contribution >= 4 is 27.7 Å². The van der Waals surface area contributed by atoms with E-state index in [1.54, 1.807) is 24.3 Å². The van der Waals surface area contributed by atoms with Crippen molar-refractivity contribution in [3.63, 3.8) is 0 Å². The molecule has 0 aliphatic rings. The van der Waals surface area contributed by atoms with Gasteiger partial charge in [-0.25, -0.2) is 8.70 Å². The van der Waals surface area contributed by atoms with Gasteiger partial charge in [-0.1, -0.05) is 42.5 Å². The lowest BCUT2D eigenvalue weighted by Gasteiger charge is -2.35. The molecule has 0 radical (unpaired) electrons. The summed E-state index contributed by atoms with van der Waals surface area (Å²) < 4.78 is 47.8. The number of hydrogen-bond donors (Lipinski definition) is 1. The highest BCUT2D eigenvalue weighted by Gasteiger charge is 2.35. The highest BCUT2D eigenvalue weighted by atomic mass is 32.2. The molecule has 3 aromatic rings. The summed E-state index contributed by atoms with van der Waals surface area (Å²) in [7, 11) is 0.0501. The van der Waals surface area contributed by atoms with Gasteiger partial charge in [0.1, 0.15) is 24.2 Å². The fraction of sp³-hybridized carbons (Fsp3) is 0.355. The Morgan fingerprint density at radius 1 is 0.929 bits per heavy atom. The van der Waals surface area contributed by atoms with E-state index in [0.717, 1.165) is 26.3 Å². The van der Waals surface area contributed by atoms with E-state index in [-0.39, 0.29) is 24.6 Å². The summed E-state index contributed by atoms with van der Waals surface area (Å²) in [4.78, 5) is 29.4. The number of rotatable bonds is 12. The monoisotopic (exact) mass is 598 g/mol. The molecule has 0 bridgehead atoms. The third-order valence-corrected chi connectivity index (χ3v) is 8.21. The fourth-order valence-corrected chi connectivity index (χ4v) is 5.35. The number of halogens is 1. The van der Waals surface area contributed by atoms with Crippen molar-refractivity contribution in [2.45, 2.75) is 45.3 Å². The maximum Gasteiger partial charge on any atom is 0.304 e. The van der Waals surface area contributed by atoms with Gasteiger partial charge in [0, 0.05) is 32.6 Å². The molecule has 1 unspecified atom stereocenters. The Bertz CT molecular complexity index is 1460. The maximum atomic E-state index is 14.2. The van der Waals surface area contributed by atoms with Crippen LogP contribution < -0.4 is 14.4 Å². The Morgan fingerprint density at radius 3 is 2.12 bits per heavy atom. The molecule has 3 aromatic carbocycles. The molecule has 0 aliphatic heterocycles. The quantitative estimate of drug-likeness (QED) is 0.340. The van der Waals surface area contributed by atoms with Gasteiger partial charge in [0.2, 0.25) is 11.8 Å². The molecule has 0 fully saturated rings. The number of carbonyl (C=O) groups is 2. The van der Waals surface area contributed by atoms with Gasteiger partial charge in [0.15, 0.2) is 0 Å². The first kappa shape index (κ1) is 32.6. The molecule has 3 rings (SSSR count). The van der Waals surface area contributed by atoms with E-state index in [9.17, 15) is 22.4 Å². The van der Waals surface area contributed by atoms with Crippen LogP contribution in [0.2, 0.25) is 0 Å². The number of nitrogens with zero attached hydrogens (tertiary/aromatic N) is 3. The molecule has 0 aromatic heterocycles. The van der Waals surface area contributed by atoms with Crippen molar-refractivity contribution in [1.29, 1.82) is 0 Å². The fourth-order valence-electron chi connectivity index (χ4n) is 4.30. The largest absolute Gasteiger partial charge is 0.497 e. The minimum Gasteiger partial charge on any atom is -0.497 e. The van der Waals surface area contributed by atoms with E-state index in [4.69, 9.17) is 4.74 Å². The number of anilines is 1. The predicted octanol–water partition coefficient (Wildman–Crippen LogP) is 4.00. The van der Waals surface area contributed by atoms with Gasteiger partial charge in [-0.15, -0.1) is 0 Å². The molecule has 1 atom stereocenters. The van der Waals surface area contributed by atoms with Crippen LogP contribution in [-0.2, 0) is 32.8 Å². The van der Waals surface area contributed by atoms with Gasteiger partial charge in [-0.3, -0.25) is 9.59 Å². The van der Waals surface area contributed by atoms with Crippen molar-refractivity contribution in [3.05, 3.63) is 95.8 Å². The standard InChI is InChI=1S/C31H39FN4O5S/c1-31(2,3)33-30(38)28(20-23-11-8-7-9-12-23)35(21-24-13-10-14-27(19-24)41-6)29(37)22-36(42(39,40)34(4)5)26-17-15-25(32)16-18-26/h7-19,28H,20-22H2,1-6H3,(H,33,38). The molecule has 0 spiro atoms. The number of hydrogen-bond acceptors (Lipinski definition) is 5. The number of nitrogens with one attached hydrogen (secondary N) is 1. The molecule has 9 nitrogen and oxygen atoms in total. The molecule has 0 heterocycles. The van der Waals surface area contributed by atoms with Gasteiger partial charge >= 0.3 is 10.2 Å². The number of methoxy groups -OCH3 is 1. The van der Waals surface area contributed by atoms with E-state index in [2.05, 4.69) is 5.32 Å². The molecule has 0 saturated heterocycles. The lowest BCUT2D eigenvalue weighted by Crippen LogP contribution is -2.56. The van der Waals surface area contributed by atoms with Crippen molar-refractivity contribution in [3.8, 4) is 5.75 Å². The average molecular weight is 599 g/mol. The second-order valence-corrected chi connectivity index (χ2v) is 13.2.